The Morgan fingerprint density at radius 1 is 0.809 bits per heavy atom. The first-order valence-corrected chi connectivity index (χ1v) is 19.8. The van der Waals surface area contributed by atoms with Gasteiger partial charge >= 0.3 is 0 Å². The van der Waals surface area contributed by atoms with Crippen molar-refractivity contribution in [3.05, 3.63) is 138 Å². The maximum atomic E-state index is 14.2. The van der Waals surface area contributed by atoms with Gasteiger partial charge in [0.25, 0.3) is 0 Å². The zero-order chi connectivity index (χ0) is 33.3. The Kier molecular flexibility index (Phi) is 10.2. The van der Waals surface area contributed by atoms with Crippen LogP contribution in [0.3, 0.4) is 0 Å². The quantitative estimate of drug-likeness (QED) is 0.128. The van der Waals surface area contributed by atoms with Gasteiger partial charge in [-0.25, -0.2) is 4.39 Å². The summed E-state index contributed by atoms with van der Waals surface area (Å²) in [4.78, 5) is 8.99. The van der Waals surface area contributed by atoms with Gasteiger partial charge in [0.1, 0.15) is 6.15 Å². The third-order valence-electron chi connectivity index (χ3n) is 8.25. The van der Waals surface area contributed by atoms with Gasteiger partial charge in [0.15, 0.2) is 0 Å². The number of benzene rings is 4. The molecule has 239 valence electrons. The van der Waals surface area contributed by atoms with Crippen LogP contribution in [0.1, 0.15) is 31.1 Å². The van der Waals surface area contributed by atoms with Crippen molar-refractivity contribution in [2.75, 3.05) is 0 Å². The fraction of sp³-hybridized carbons (Fsp3) is 0.171. The van der Waals surface area contributed by atoms with E-state index in [1.807, 2.05) is 42.6 Å². The molecule has 0 aliphatic rings. The number of hydrogen-bond acceptors (Lipinski definition) is 3. The molecule has 0 N–H and O–H groups in total. The van der Waals surface area contributed by atoms with E-state index in [0.29, 0.717) is 11.3 Å². The first-order valence-electron chi connectivity index (χ1n) is 15.9. The summed E-state index contributed by atoms with van der Waals surface area (Å²) in [6, 6.07) is 38.7. The molecule has 0 bridgehead atoms. The molecule has 7 rings (SSSR count). The van der Waals surface area contributed by atoms with Crippen LogP contribution in [-0.2, 0) is 20.1 Å². The van der Waals surface area contributed by atoms with Crippen molar-refractivity contribution in [1.29, 1.82) is 0 Å². The maximum Gasteiger partial charge on any atom is 0.122 e. The molecule has 7 aromatic rings. The molecule has 1 radical (unpaired) electrons. The average molecular weight is 830 g/mol. The number of hydrogen-bond donors (Lipinski definition) is 0. The first-order chi connectivity index (χ1) is 22.4. The first kappa shape index (κ1) is 33.1. The van der Waals surface area contributed by atoms with Crippen molar-refractivity contribution in [3.63, 3.8) is 0 Å². The van der Waals surface area contributed by atoms with Crippen molar-refractivity contribution in [2.24, 2.45) is 0 Å². The number of aromatic nitrogens is 2. The number of fused-ring (bicyclic) bond motifs is 3. The van der Waals surface area contributed by atoms with E-state index >= 15 is 0 Å². The zero-order valence-corrected chi connectivity index (χ0v) is 31.6. The molecule has 1 unspecified atom stereocenters. The third kappa shape index (κ3) is 7.37. The second-order valence-corrected chi connectivity index (χ2v) is 18.7. The monoisotopic (exact) mass is 830 g/mol. The van der Waals surface area contributed by atoms with Crippen molar-refractivity contribution in [1.82, 2.24) is 9.97 Å². The van der Waals surface area contributed by atoms with Crippen LogP contribution < -0.4 is 5.19 Å². The molecule has 1 atom stereocenters. The van der Waals surface area contributed by atoms with E-state index in [1.165, 1.54) is 44.5 Å². The van der Waals surface area contributed by atoms with E-state index in [2.05, 4.69) is 104 Å². The summed E-state index contributed by atoms with van der Waals surface area (Å²) in [7, 11) is -1.23. The van der Waals surface area contributed by atoms with E-state index in [1.54, 1.807) is 29.7 Å². The van der Waals surface area contributed by atoms with Crippen LogP contribution in [-0.4, -0.2) is 18.0 Å². The molecular formula is C41H37FIrN2SSi-2. The summed E-state index contributed by atoms with van der Waals surface area (Å²) < 4.78 is 24.3. The Morgan fingerprint density at radius 3 is 2.23 bits per heavy atom. The largest absolute Gasteiger partial charge is 0.305 e. The Bertz CT molecular complexity index is 2170. The van der Waals surface area contributed by atoms with Crippen molar-refractivity contribution in [3.8, 4) is 33.6 Å². The van der Waals surface area contributed by atoms with Gasteiger partial charge in [-0.15, -0.1) is 59.7 Å². The normalized spacial score (nSPS) is 12.9. The number of rotatable bonds is 5. The molecule has 0 amide bonds. The summed E-state index contributed by atoms with van der Waals surface area (Å²) in [5.74, 6) is 0. The van der Waals surface area contributed by atoms with Gasteiger partial charge in [-0.3, -0.25) is 0 Å². The minimum Gasteiger partial charge on any atom is -0.305 e. The van der Waals surface area contributed by atoms with E-state index in [-0.39, 0.29) is 20.1 Å². The van der Waals surface area contributed by atoms with Gasteiger partial charge in [0.2, 0.25) is 0 Å². The number of thiophene rings is 1. The zero-order valence-electron chi connectivity index (χ0n) is 28.4. The second kappa shape index (κ2) is 14.5. The topological polar surface area (TPSA) is 25.8 Å². The van der Waals surface area contributed by atoms with E-state index in [4.69, 9.17) is 1.37 Å². The Balaban J connectivity index is 0.000000224. The van der Waals surface area contributed by atoms with Crippen LogP contribution in [0.2, 0.25) is 19.6 Å². The molecule has 47 heavy (non-hydrogen) atoms. The molecule has 6 heteroatoms. The molecule has 0 saturated heterocycles. The van der Waals surface area contributed by atoms with Gasteiger partial charge in [-0.1, -0.05) is 79.6 Å². The fourth-order valence-electron chi connectivity index (χ4n) is 5.77. The van der Waals surface area contributed by atoms with Gasteiger partial charge in [0.05, 0.1) is 9.44 Å². The summed E-state index contributed by atoms with van der Waals surface area (Å²) in [6.45, 7) is 12.6. The molecule has 4 aromatic carbocycles. The summed E-state index contributed by atoms with van der Waals surface area (Å²) in [5.41, 5.74) is 8.84. The number of aryl methyl sites for hydroxylation is 2. The Labute approximate surface area is 297 Å². The summed E-state index contributed by atoms with van der Waals surface area (Å²) in [5, 5.41) is 3.77. The molecule has 2 nitrogen and oxygen atoms in total. The molecule has 3 aromatic heterocycles. The van der Waals surface area contributed by atoms with Crippen molar-refractivity contribution >= 4 is 44.8 Å². The Hall–Kier alpha value is -3.80. The molecule has 0 fully saturated rings. The summed E-state index contributed by atoms with van der Waals surface area (Å²) >= 11 is 1.73. The number of pyridine rings is 2. The predicted molar refractivity (Wildman–Crippen MR) is 197 cm³/mol. The minimum atomic E-state index is -2.16. The van der Waals surface area contributed by atoms with Gasteiger partial charge in [-0.05, 0) is 81.3 Å². The predicted octanol–water partition coefficient (Wildman–Crippen LogP) is 11.3. The maximum absolute atomic E-state index is 14.2. The molecule has 0 spiro atoms. The van der Waals surface area contributed by atoms with Crippen LogP contribution in [0.5, 0.6) is 0 Å². The van der Waals surface area contributed by atoms with E-state index < -0.39 is 14.2 Å². The fourth-order valence-corrected chi connectivity index (χ4v) is 8.10. The SMILES string of the molecule is C[Si](C)(C)c1ccc(-c2[c-]cccc2)nc1.[2H]C(C)(F)c1ccnc(-c2[c-]ccc3c2sc2c(C)c(-c4ccccc4)c(C)cc23)c1.[Ir]. The number of halogens is 1. The molecule has 0 aliphatic heterocycles. The van der Waals surface area contributed by atoms with Crippen molar-refractivity contribution in [2.45, 2.75) is 46.6 Å². The number of alkyl halides is 1. The Morgan fingerprint density at radius 2 is 1.57 bits per heavy atom. The smallest absolute Gasteiger partial charge is 0.122 e. The molecule has 0 saturated carbocycles. The second-order valence-electron chi connectivity index (χ2n) is 12.6. The van der Waals surface area contributed by atoms with Crippen LogP contribution >= 0.6 is 11.3 Å². The van der Waals surface area contributed by atoms with Gasteiger partial charge in [-0.2, -0.15) is 11.3 Å². The van der Waals surface area contributed by atoms with Crippen LogP contribution in [0.4, 0.5) is 4.39 Å². The molecular weight excluding hydrogens is 792 g/mol. The number of nitrogens with zero attached hydrogens (tertiary/aromatic N) is 2. The van der Waals surface area contributed by atoms with E-state index in [9.17, 15) is 4.39 Å². The summed E-state index contributed by atoms with van der Waals surface area (Å²) in [6.07, 6.45) is 1.42. The van der Waals surface area contributed by atoms with Gasteiger partial charge < -0.3 is 9.97 Å². The van der Waals surface area contributed by atoms with Crippen LogP contribution in [0, 0.1) is 26.0 Å². The van der Waals surface area contributed by atoms with Crippen LogP contribution in [0.25, 0.3) is 53.8 Å². The van der Waals surface area contributed by atoms with Crippen LogP contribution in [0.15, 0.2) is 109 Å². The third-order valence-corrected chi connectivity index (χ3v) is 11.6. The molecule has 3 heterocycles. The molecule has 0 aliphatic carbocycles. The average Bonchev–Trinajstić information content (AvgIpc) is 3.44. The van der Waals surface area contributed by atoms with Gasteiger partial charge in [0, 0.05) is 37.2 Å². The van der Waals surface area contributed by atoms with Crippen molar-refractivity contribution < 1.29 is 25.9 Å². The van der Waals surface area contributed by atoms with E-state index in [0.717, 1.165) is 26.9 Å². The standard InChI is InChI=1S/C27H21FNS.C14H16NSi.Ir/c1-16-14-23-21-10-7-11-22(24-15-20(18(3)28)12-13-29-24)27(21)30-26(23)17(2)25(16)19-8-5-4-6-9-19;1-16(2,3)13-9-10-14(15-11-13)12-7-5-4-6-8-12;/h4-10,12-15,18H,1-3H3;4-7,9-11H,1-3H3;/q2*-1;/i18D;;. The minimum absolute atomic E-state index is 0.